The molecule has 3 N–H and O–H groups in total. The van der Waals surface area contributed by atoms with Crippen molar-refractivity contribution >= 4 is 18.3 Å². The highest BCUT2D eigenvalue weighted by Crippen LogP contribution is 2.26. The Morgan fingerprint density at radius 3 is 2.84 bits per heavy atom. The summed E-state index contributed by atoms with van der Waals surface area (Å²) in [7, 11) is 0. The third-order valence-corrected chi connectivity index (χ3v) is 4.76. The first-order chi connectivity index (χ1) is 11.6. The summed E-state index contributed by atoms with van der Waals surface area (Å²) in [6.45, 7) is 5.69. The zero-order valence-electron chi connectivity index (χ0n) is 15.5. The number of ether oxygens (including phenoxy) is 1. The molecule has 0 spiro atoms. The number of nitrogens with two attached hydrogens (primary N) is 1. The number of rotatable bonds is 8. The molecule has 0 saturated heterocycles. The molecule has 0 radical (unpaired) electrons. The van der Waals surface area contributed by atoms with Crippen molar-refractivity contribution < 1.29 is 9.53 Å². The molecular formula is C20H33ClN2O2. The molecule has 0 unspecified atom stereocenters. The number of hydrogen-bond acceptors (Lipinski definition) is 3. The smallest absolute Gasteiger partial charge is 0.223 e. The minimum atomic E-state index is -0.0201. The van der Waals surface area contributed by atoms with Crippen molar-refractivity contribution in [3.63, 3.8) is 0 Å². The Bertz CT molecular complexity index is 524. The fourth-order valence-electron chi connectivity index (χ4n) is 3.41. The van der Waals surface area contributed by atoms with E-state index in [4.69, 9.17) is 10.5 Å². The van der Waals surface area contributed by atoms with Crippen LogP contribution in [0.1, 0.15) is 50.2 Å². The highest BCUT2D eigenvalue weighted by molar-refractivity contribution is 5.85. The molecule has 1 aliphatic carbocycles. The van der Waals surface area contributed by atoms with Crippen LogP contribution in [0.25, 0.3) is 0 Å². The highest BCUT2D eigenvalue weighted by Gasteiger charge is 2.32. The van der Waals surface area contributed by atoms with E-state index in [1.165, 1.54) is 11.1 Å². The van der Waals surface area contributed by atoms with Gasteiger partial charge in [0.25, 0.3) is 0 Å². The van der Waals surface area contributed by atoms with E-state index in [9.17, 15) is 4.79 Å². The van der Waals surface area contributed by atoms with Crippen LogP contribution in [0.4, 0.5) is 0 Å². The summed E-state index contributed by atoms with van der Waals surface area (Å²) < 4.78 is 5.77. The maximum absolute atomic E-state index is 12.3. The Balaban J connectivity index is 0.00000312. The molecule has 1 amide bonds. The molecule has 0 heterocycles. The summed E-state index contributed by atoms with van der Waals surface area (Å²) in [5.41, 5.74) is 8.81. The molecule has 1 fully saturated rings. The summed E-state index contributed by atoms with van der Waals surface area (Å²) in [5, 5.41) is 3.08. The van der Waals surface area contributed by atoms with Crippen LogP contribution in [0.3, 0.4) is 0 Å². The van der Waals surface area contributed by atoms with Crippen LogP contribution in [0.2, 0.25) is 0 Å². The van der Waals surface area contributed by atoms with Crippen LogP contribution < -0.4 is 11.1 Å². The molecule has 0 aliphatic heterocycles. The first-order valence-electron chi connectivity index (χ1n) is 9.30. The van der Waals surface area contributed by atoms with Gasteiger partial charge in [0.15, 0.2) is 0 Å². The topological polar surface area (TPSA) is 64.3 Å². The normalized spacial score (nSPS) is 22.9. The Morgan fingerprint density at radius 2 is 2.16 bits per heavy atom. The number of aryl methyl sites for hydroxylation is 2. The lowest BCUT2D eigenvalue weighted by atomic mass is 9.83. The van der Waals surface area contributed by atoms with E-state index < -0.39 is 0 Å². The van der Waals surface area contributed by atoms with Crippen molar-refractivity contribution in [3.8, 4) is 0 Å². The average molecular weight is 369 g/mol. The van der Waals surface area contributed by atoms with Crippen LogP contribution in [0, 0.1) is 12.8 Å². The van der Waals surface area contributed by atoms with Crippen molar-refractivity contribution in [2.24, 2.45) is 11.7 Å². The summed E-state index contributed by atoms with van der Waals surface area (Å²) >= 11 is 0. The van der Waals surface area contributed by atoms with E-state index >= 15 is 0 Å². The van der Waals surface area contributed by atoms with Gasteiger partial charge in [0.2, 0.25) is 5.91 Å². The number of nitrogens with one attached hydrogen (secondary N) is 1. The maximum Gasteiger partial charge on any atom is 0.223 e. The second-order valence-corrected chi connectivity index (χ2v) is 6.97. The predicted octanol–water partition coefficient (Wildman–Crippen LogP) is 3.39. The molecule has 1 aromatic rings. The van der Waals surface area contributed by atoms with Crippen molar-refractivity contribution in [1.29, 1.82) is 0 Å². The number of benzene rings is 1. The van der Waals surface area contributed by atoms with E-state index in [1.807, 2.05) is 0 Å². The fraction of sp³-hybridized carbons (Fsp3) is 0.650. The van der Waals surface area contributed by atoms with Gasteiger partial charge in [-0.3, -0.25) is 4.79 Å². The van der Waals surface area contributed by atoms with Crippen LogP contribution >= 0.6 is 12.4 Å². The van der Waals surface area contributed by atoms with Gasteiger partial charge in [0.05, 0.1) is 6.10 Å². The highest BCUT2D eigenvalue weighted by atomic mass is 35.5. The molecule has 4 nitrogen and oxygen atoms in total. The molecule has 142 valence electrons. The molecule has 2 rings (SSSR count). The molecule has 0 bridgehead atoms. The van der Waals surface area contributed by atoms with Gasteiger partial charge in [0.1, 0.15) is 0 Å². The van der Waals surface area contributed by atoms with Gasteiger partial charge in [-0.25, -0.2) is 0 Å². The van der Waals surface area contributed by atoms with Crippen LogP contribution in [-0.2, 0) is 16.0 Å². The fourth-order valence-corrected chi connectivity index (χ4v) is 3.41. The van der Waals surface area contributed by atoms with Gasteiger partial charge in [-0.1, -0.05) is 36.8 Å². The summed E-state index contributed by atoms with van der Waals surface area (Å²) in [4.78, 5) is 12.3. The van der Waals surface area contributed by atoms with E-state index in [0.717, 1.165) is 51.7 Å². The van der Waals surface area contributed by atoms with Gasteiger partial charge in [0, 0.05) is 25.1 Å². The molecule has 5 heteroatoms. The molecule has 1 aliphatic rings. The number of halogens is 1. The number of carbonyl (C=O) groups excluding carboxylic acids is 1. The molecule has 1 aromatic carbocycles. The quantitative estimate of drug-likeness (QED) is 0.691. The zero-order valence-corrected chi connectivity index (χ0v) is 16.3. The van der Waals surface area contributed by atoms with E-state index in [0.29, 0.717) is 0 Å². The lowest BCUT2D eigenvalue weighted by molar-refractivity contribution is -0.127. The third kappa shape index (κ3) is 7.35. The first kappa shape index (κ1) is 21.9. The number of hydrogen-bond donors (Lipinski definition) is 2. The van der Waals surface area contributed by atoms with Gasteiger partial charge in [-0.05, 0) is 51.0 Å². The Kier molecular flexibility index (Phi) is 10.1. The van der Waals surface area contributed by atoms with E-state index in [1.54, 1.807) is 0 Å². The van der Waals surface area contributed by atoms with Crippen LogP contribution in [-0.4, -0.2) is 31.2 Å². The first-order valence-corrected chi connectivity index (χ1v) is 9.30. The standard InChI is InChI=1S/C20H32N2O2.ClH/c1-3-12-24-19-10-9-17(14-18(19)21)20(23)22-11-5-8-16-7-4-6-15(2)13-16;/h4,6-7,13,17-19H,3,5,8-12,14,21H2,1-2H3,(H,22,23);1H/t17-,18+,19+;/m0./s1. The van der Waals surface area contributed by atoms with Gasteiger partial charge in [-0.15, -0.1) is 12.4 Å². The summed E-state index contributed by atoms with van der Waals surface area (Å²) in [6, 6.07) is 8.52. The Hall–Kier alpha value is -1.10. The minimum absolute atomic E-state index is 0. The van der Waals surface area contributed by atoms with Gasteiger partial charge >= 0.3 is 0 Å². The second kappa shape index (κ2) is 11.5. The maximum atomic E-state index is 12.3. The predicted molar refractivity (Wildman–Crippen MR) is 105 cm³/mol. The molecule has 0 aromatic heterocycles. The average Bonchev–Trinajstić information content (AvgIpc) is 2.57. The van der Waals surface area contributed by atoms with E-state index in [2.05, 4.69) is 43.4 Å². The van der Waals surface area contributed by atoms with Gasteiger partial charge < -0.3 is 15.8 Å². The summed E-state index contributed by atoms with van der Waals surface area (Å²) in [5.74, 6) is 0.198. The van der Waals surface area contributed by atoms with Crippen molar-refractivity contribution in [2.45, 2.75) is 64.5 Å². The van der Waals surface area contributed by atoms with Crippen LogP contribution in [0.15, 0.2) is 24.3 Å². The largest absolute Gasteiger partial charge is 0.377 e. The summed E-state index contributed by atoms with van der Waals surface area (Å²) in [6.07, 6.45) is 5.60. The Morgan fingerprint density at radius 1 is 1.36 bits per heavy atom. The van der Waals surface area contributed by atoms with Crippen molar-refractivity contribution in [1.82, 2.24) is 5.32 Å². The van der Waals surface area contributed by atoms with Crippen molar-refractivity contribution in [2.75, 3.05) is 13.2 Å². The monoisotopic (exact) mass is 368 g/mol. The Labute approximate surface area is 158 Å². The molecule has 25 heavy (non-hydrogen) atoms. The number of carbonyl (C=O) groups is 1. The van der Waals surface area contributed by atoms with E-state index in [-0.39, 0.29) is 36.4 Å². The van der Waals surface area contributed by atoms with Crippen molar-refractivity contribution in [3.05, 3.63) is 35.4 Å². The number of amides is 1. The lowest BCUT2D eigenvalue weighted by Gasteiger charge is -2.33. The second-order valence-electron chi connectivity index (χ2n) is 6.97. The zero-order chi connectivity index (χ0) is 17.4. The molecule has 1 saturated carbocycles. The molecular weight excluding hydrogens is 336 g/mol. The SMILES string of the molecule is CCCO[C@@H]1CC[C@H](C(=O)NCCCc2cccc(C)c2)C[C@H]1N.Cl. The van der Waals surface area contributed by atoms with Gasteiger partial charge in [-0.2, -0.15) is 0 Å². The molecule has 3 atom stereocenters. The lowest BCUT2D eigenvalue weighted by Crippen LogP contribution is -2.46. The van der Waals surface area contributed by atoms with Crippen LogP contribution in [0.5, 0.6) is 0 Å². The minimum Gasteiger partial charge on any atom is -0.377 e. The third-order valence-electron chi connectivity index (χ3n) is 4.76.